The van der Waals surface area contributed by atoms with E-state index in [0.717, 1.165) is 28.3 Å². The van der Waals surface area contributed by atoms with Gasteiger partial charge >= 0.3 is 0 Å². The van der Waals surface area contributed by atoms with Crippen LogP contribution >= 0.6 is 0 Å². The molecule has 1 atom stereocenters. The van der Waals surface area contributed by atoms with E-state index in [0.29, 0.717) is 31.0 Å². The van der Waals surface area contributed by atoms with Gasteiger partial charge in [-0.15, -0.1) is 0 Å². The highest BCUT2D eigenvalue weighted by molar-refractivity contribution is 7.92. The number of ether oxygens (including phenoxy) is 1. The van der Waals surface area contributed by atoms with Crippen LogP contribution in [-0.4, -0.2) is 50.9 Å². The summed E-state index contributed by atoms with van der Waals surface area (Å²) in [5.41, 5.74) is 2.19. The van der Waals surface area contributed by atoms with Gasteiger partial charge in [0.1, 0.15) is 18.3 Å². The summed E-state index contributed by atoms with van der Waals surface area (Å²) < 4.78 is 34.4. The van der Waals surface area contributed by atoms with E-state index in [1.807, 2.05) is 52.0 Å². The van der Waals surface area contributed by atoms with Crippen molar-refractivity contribution in [2.75, 3.05) is 24.0 Å². The first-order valence-electron chi connectivity index (χ1n) is 14.1. The number of hydrogen-bond donors (Lipinski definition) is 1. The highest BCUT2D eigenvalue weighted by atomic mass is 32.2. The molecule has 0 bridgehead atoms. The summed E-state index contributed by atoms with van der Waals surface area (Å²) in [6, 6.07) is 21.5. The number of carbonyl (C=O) groups is 2. The van der Waals surface area contributed by atoms with E-state index >= 15 is 0 Å². The standard InChI is InChI=1S/C32H41N3O5S/c1-5-8-22-33-32(37)30(6-2)34(23-26-15-13-12-14-25(26)4)31(36)24-35(27-18-20-28(21-19-27)40-7-3)41(38,39)29-16-10-9-11-17-29/h9-21,30H,5-8,22-24H2,1-4H3,(H,33,37)/t30-/m1/s1. The number of hydrogen-bond acceptors (Lipinski definition) is 5. The second-order valence-electron chi connectivity index (χ2n) is 9.77. The van der Waals surface area contributed by atoms with Gasteiger partial charge in [0.05, 0.1) is 17.2 Å². The third-order valence-electron chi connectivity index (χ3n) is 6.86. The highest BCUT2D eigenvalue weighted by Crippen LogP contribution is 2.27. The van der Waals surface area contributed by atoms with Crippen LogP contribution in [0.3, 0.4) is 0 Å². The van der Waals surface area contributed by atoms with Crippen LogP contribution < -0.4 is 14.4 Å². The van der Waals surface area contributed by atoms with Crippen LogP contribution in [0.1, 0.15) is 51.2 Å². The van der Waals surface area contributed by atoms with E-state index < -0.39 is 28.5 Å². The van der Waals surface area contributed by atoms with Crippen LogP contribution in [0.25, 0.3) is 0 Å². The van der Waals surface area contributed by atoms with Gasteiger partial charge in [0.15, 0.2) is 0 Å². The maximum absolute atomic E-state index is 14.1. The third kappa shape index (κ3) is 8.33. The fourth-order valence-electron chi connectivity index (χ4n) is 4.52. The molecule has 0 radical (unpaired) electrons. The molecule has 8 nitrogen and oxygen atoms in total. The molecule has 0 unspecified atom stereocenters. The van der Waals surface area contributed by atoms with Crippen LogP contribution in [0.2, 0.25) is 0 Å². The molecule has 9 heteroatoms. The van der Waals surface area contributed by atoms with E-state index in [2.05, 4.69) is 5.32 Å². The first kappa shape index (κ1) is 31.7. The number of nitrogens with one attached hydrogen (secondary N) is 1. The molecule has 0 heterocycles. The van der Waals surface area contributed by atoms with Crippen molar-refractivity contribution in [3.05, 3.63) is 90.0 Å². The fraction of sp³-hybridized carbons (Fsp3) is 0.375. The summed E-state index contributed by atoms with van der Waals surface area (Å²) >= 11 is 0. The lowest BCUT2D eigenvalue weighted by Crippen LogP contribution is -2.52. The predicted molar refractivity (Wildman–Crippen MR) is 162 cm³/mol. The Labute approximate surface area is 244 Å². The topological polar surface area (TPSA) is 96.0 Å². The minimum Gasteiger partial charge on any atom is -0.494 e. The monoisotopic (exact) mass is 579 g/mol. The lowest BCUT2D eigenvalue weighted by atomic mass is 10.1. The molecule has 0 spiro atoms. The fourth-order valence-corrected chi connectivity index (χ4v) is 5.96. The van der Waals surface area contributed by atoms with Gasteiger partial charge in [-0.1, -0.05) is 62.7 Å². The Bertz CT molecular complexity index is 1380. The molecule has 0 aliphatic rings. The molecular weight excluding hydrogens is 538 g/mol. The second-order valence-corrected chi connectivity index (χ2v) is 11.6. The molecule has 0 saturated carbocycles. The summed E-state index contributed by atoms with van der Waals surface area (Å²) in [6.07, 6.45) is 2.14. The Morgan fingerprint density at radius 3 is 2.17 bits per heavy atom. The average Bonchev–Trinajstić information content (AvgIpc) is 2.98. The van der Waals surface area contributed by atoms with Crippen molar-refractivity contribution in [1.82, 2.24) is 10.2 Å². The van der Waals surface area contributed by atoms with Crippen LogP contribution in [-0.2, 0) is 26.2 Å². The zero-order valence-corrected chi connectivity index (χ0v) is 25.2. The number of nitrogens with zero attached hydrogens (tertiary/aromatic N) is 2. The smallest absolute Gasteiger partial charge is 0.264 e. The molecule has 2 amide bonds. The molecule has 0 aliphatic heterocycles. The molecular formula is C32H41N3O5S. The number of sulfonamides is 1. The maximum atomic E-state index is 14.1. The van der Waals surface area contributed by atoms with Gasteiger partial charge in [-0.3, -0.25) is 13.9 Å². The number of benzene rings is 3. The van der Waals surface area contributed by atoms with Crippen LogP contribution in [0.4, 0.5) is 5.69 Å². The first-order valence-corrected chi connectivity index (χ1v) is 15.6. The summed E-state index contributed by atoms with van der Waals surface area (Å²) in [4.78, 5) is 29.0. The van der Waals surface area contributed by atoms with Gasteiger partial charge in [-0.2, -0.15) is 0 Å². The molecule has 0 fully saturated rings. The normalized spacial score (nSPS) is 11.9. The minimum absolute atomic E-state index is 0.0662. The van der Waals surface area contributed by atoms with Crippen molar-refractivity contribution < 1.29 is 22.7 Å². The van der Waals surface area contributed by atoms with E-state index in [-0.39, 0.29) is 17.3 Å². The van der Waals surface area contributed by atoms with Gasteiger partial charge in [0.25, 0.3) is 10.0 Å². The van der Waals surface area contributed by atoms with Gasteiger partial charge in [-0.25, -0.2) is 8.42 Å². The van der Waals surface area contributed by atoms with Crippen LogP contribution in [0.15, 0.2) is 83.8 Å². The second kappa shape index (κ2) is 15.2. The Balaban J connectivity index is 2.03. The Morgan fingerprint density at radius 2 is 1.56 bits per heavy atom. The zero-order chi connectivity index (χ0) is 29.8. The quantitative estimate of drug-likeness (QED) is 0.246. The Hall–Kier alpha value is -3.85. The molecule has 3 rings (SSSR count). The highest BCUT2D eigenvalue weighted by Gasteiger charge is 2.33. The van der Waals surface area contributed by atoms with Gasteiger partial charge < -0.3 is 15.0 Å². The average molecular weight is 580 g/mol. The van der Waals surface area contributed by atoms with Crippen molar-refractivity contribution in [1.29, 1.82) is 0 Å². The maximum Gasteiger partial charge on any atom is 0.264 e. The summed E-state index contributed by atoms with van der Waals surface area (Å²) in [7, 11) is -4.11. The lowest BCUT2D eigenvalue weighted by Gasteiger charge is -2.33. The van der Waals surface area contributed by atoms with Crippen molar-refractivity contribution in [2.24, 2.45) is 0 Å². The molecule has 0 aromatic heterocycles. The number of amides is 2. The molecule has 3 aromatic rings. The van der Waals surface area contributed by atoms with E-state index in [9.17, 15) is 18.0 Å². The number of unbranched alkanes of at least 4 members (excludes halogenated alkanes) is 1. The van der Waals surface area contributed by atoms with Crippen molar-refractivity contribution in [2.45, 2.75) is 64.4 Å². The Kier molecular flexibility index (Phi) is 11.8. The van der Waals surface area contributed by atoms with E-state index in [1.165, 1.54) is 17.0 Å². The van der Waals surface area contributed by atoms with Crippen molar-refractivity contribution in [3.8, 4) is 5.75 Å². The molecule has 41 heavy (non-hydrogen) atoms. The lowest BCUT2D eigenvalue weighted by molar-refractivity contribution is -0.140. The molecule has 0 aliphatic carbocycles. The van der Waals surface area contributed by atoms with Crippen LogP contribution in [0, 0.1) is 6.92 Å². The molecule has 0 saturated heterocycles. The SMILES string of the molecule is CCCCNC(=O)[C@@H](CC)N(Cc1ccccc1C)C(=O)CN(c1ccc(OCC)cc1)S(=O)(=O)c1ccccc1. The Morgan fingerprint density at radius 1 is 0.902 bits per heavy atom. The van der Waals surface area contributed by atoms with Gasteiger partial charge in [0.2, 0.25) is 11.8 Å². The first-order chi connectivity index (χ1) is 19.7. The van der Waals surface area contributed by atoms with Gasteiger partial charge in [-0.05, 0) is 74.2 Å². The summed E-state index contributed by atoms with van der Waals surface area (Å²) in [6.45, 7) is 8.39. The summed E-state index contributed by atoms with van der Waals surface area (Å²) in [5, 5.41) is 2.95. The van der Waals surface area contributed by atoms with Crippen molar-refractivity contribution >= 4 is 27.5 Å². The molecule has 220 valence electrons. The zero-order valence-electron chi connectivity index (χ0n) is 24.4. The minimum atomic E-state index is -4.11. The van der Waals surface area contributed by atoms with Crippen LogP contribution in [0.5, 0.6) is 5.75 Å². The number of aryl methyl sites for hydroxylation is 1. The number of rotatable bonds is 15. The number of anilines is 1. The van der Waals surface area contributed by atoms with E-state index in [4.69, 9.17) is 4.74 Å². The third-order valence-corrected chi connectivity index (χ3v) is 8.65. The largest absolute Gasteiger partial charge is 0.494 e. The van der Waals surface area contributed by atoms with Crippen molar-refractivity contribution in [3.63, 3.8) is 0 Å². The predicted octanol–water partition coefficient (Wildman–Crippen LogP) is 5.31. The number of carbonyl (C=O) groups excluding carboxylic acids is 2. The summed E-state index contributed by atoms with van der Waals surface area (Å²) in [5.74, 6) is -0.129. The molecule has 1 N–H and O–H groups in total. The molecule has 3 aromatic carbocycles. The van der Waals surface area contributed by atoms with Gasteiger partial charge in [0, 0.05) is 13.1 Å². The van der Waals surface area contributed by atoms with E-state index in [1.54, 1.807) is 42.5 Å².